The highest BCUT2D eigenvalue weighted by Crippen LogP contribution is 2.44. The zero-order chi connectivity index (χ0) is 13.1. The number of hydrogen-bond donors (Lipinski definition) is 1. The summed E-state index contributed by atoms with van der Waals surface area (Å²) >= 11 is 0. The molecule has 17 heavy (non-hydrogen) atoms. The molecule has 0 amide bonds. The average Bonchev–Trinajstić information content (AvgIpc) is 2.25. The lowest BCUT2D eigenvalue weighted by Crippen LogP contribution is -2.43. The van der Waals surface area contributed by atoms with Crippen LogP contribution in [0.25, 0.3) is 0 Å². The summed E-state index contributed by atoms with van der Waals surface area (Å²) in [5, 5.41) is 19.2. The van der Waals surface area contributed by atoms with E-state index < -0.39 is 23.6 Å². The molecule has 1 rings (SSSR count). The molecular weight excluding hydrogens is 231 g/mol. The van der Waals surface area contributed by atoms with E-state index in [1.807, 2.05) is 13.0 Å². The van der Waals surface area contributed by atoms with Crippen molar-refractivity contribution >= 4 is 0 Å². The van der Waals surface area contributed by atoms with E-state index >= 15 is 0 Å². The minimum Gasteiger partial charge on any atom is -0.389 e. The molecule has 0 spiro atoms. The Bertz CT molecular complexity index is 287. The molecule has 1 aliphatic carbocycles. The van der Waals surface area contributed by atoms with Gasteiger partial charge in [-0.3, -0.25) is 0 Å². The molecule has 0 aromatic heterocycles. The van der Waals surface area contributed by atoms with Crippen LogP contribution in [0.1, 0.15) is 45.4 Å². The van der Waals surface area contributed by atoms with Crippen molar-refractivity contribution in [3.05, 3.63) is 0 Å². The third kappa shape index (κ3) is 3.35. The minimum absolute atomic E-state index is 0.0676. The Morgan fingerprint density at radius 1 is 1.41 bits per heavy atom. The number of halogens is 3. The number of aliphatic hydroxyl groups is 1. The fourth-order valence-electron chi connectivity index (χ4n) is 2.54. The highest BCUT2D eigenvalue weighted by Gasteiger charge is 2.47. The quantitative estimate of drug-likeness (QED) is 0.833. The third-order valence-corrected chi connectivity index (χ3v) is 3.70. The van der Waals surface area contributed by atoms with Gasteiger partial charge in [0.15, 0.2) is 0 Å². The normalized spacial score (nSPS) is 31.9. The first kappa shape index (κ1) is 14.3. The summed E-state index contributed by atoms with van der Waals surface area (Å²) < 4.78 is 37.4. The SMILES string of the molecule is CCCC(C#N)C1(O)CCC(C(F)(F)F)CC1. The van der Waals surface area contributed by atoms with Crippen molar-refractivity contribution < 1.29 is 18.3 Å². The first-order valence-corrected chi connectivity index (χ1v) is 6.02. The third-order valence-electron chi connectivity index (χ3n) is 3.70. The van der Waals surface area contributed by atoms with Crippen LogP contribution in [0, 0.1) is 23.2 Å². The predicted molar refractivity (Wildman–Crippen MR) is 57.0 cm³/mol. The second-order valence-corrected chi connectivity index (χ2v) is 4.89. The molecule has 0 heterocycles. The first-order chi connectivity index (χ1) is 7.83. The second-order valence-electron chi connectivity index (χ2n) is 4.89. The van der Waals surface area contributed by atoms with Gasteiger partial charge in [0.2, 0.25) is 0 Å². The Labute approximate surface area is 99.4 Å². The molecular formula is C12H18F3NO. The van der Waals surface area contributed by atoms with Crippen LogP contribution < -0.4 is 0 Å². The maximum atomic E-state index is 12.5. The Balaban J connectivity index is 2.63. The smallest absolute Gasteiger partial charge is 0.389 e. The number of nitriles is 1. The van der Waals surface area contributed by atoms with Crippen molar-refractivity contribution in [2.75, 3.05) is 0 Å². The largest absolute Gasteiger partial charge is 0.391 e. The summed E-state index contributed by atoms with van der Waals surface area (Å²) in [6, 6.07) is 2.04. The molecule has 0 saturated heterocycles. The van der Waals surface area contributed by atoms with Crippen molar-refractivity contribution in [1.82, 2.24) is 0 Å². The molecule has 1 saturated carbocycles. The van der Waals surface area contributed by atoms with Crippen molar-refractivity contribution in [2.24, 2.45) is 11.8 Å². The monoisotopic (exact) mass is 249 g/mol. The summed E-state index contributed by atoms with van der Waals surface area (Å²) in [5.41, 5.74) is -1.22. The number of nitrogens with zero attached hydrogens (tertiary/aromatic N) is 1. The van der Waals surface area contributed by atoms with Gasteiger partial charge in [-0.05, 0) is 32.1 Å². The summed E-state index contributed by atoms with van der Waals surface area (Å²) in [6.07, 6.45) is -2.85. The fourth-order valence-corrected chi connectivity index (χ4v) is 2.54. The Morgan fingerprint density at radius 2 is 1.94 bits per heavy atom. The lowest BCUT2D eigenvalue weighted by Gasteiger charge is -2.39. The van der Waals surface area contributed by atoms with Gasteiger partial charge in [0.25, 0.3) is 0 Å². The van der Waals surface area contributed by atoms with Gasteiger partial charge in [-0.25, -0.2) is 0 Å². The molecule has 1 unspecified atom stereocenters. The van der Waals surface area contributed by atoms with E-state index in [2.05, 4.69) is 0 Å². The van der Waals surface area contributed by atoms with E-state index in [4.69, 9.17) is 5.26 Å². The summed E-state index contributed by atoms with van der Waals surface area (Å²) in [7, 11) is 0. The van der Waals surface area contributed by atoms with E-state index in [1.165, 1.54) is 0 Å². The maximum Gasteiger partial charge on any atom is 0.391 e. The van der Waals surface area contributed by atoms with Gasteiger partial charge >= 0.3 is 6.18 Å². The zero-order valence-corrected chi connectivity index (χ0v) is 9.93. The van der Waals surface area contributed by atoms with Gasteiger partial charge in [0.1, 0.15) is 0 Å². The van der Waals surface area contributed by atoms with Crippen molar-refractivity contribution in [2.45, 2.75) is 57.2 Å². The Morgan fingerprint density at radius 3 is 2.29 bits per heavy atom. The Kier molecular flexibility index (Phi) is 4.42. The number of hydrogen-bond acceptors (Lipinski definition) is 2. The molecule has 1 atom stereocenters. The molecule has 98 valence electrons. The molecule has 5 heteroatoms. The van der Waals surface area contributed by atoms with Gasteiger partial charge in [0.05, 0.1) is 23.5 Å². The zero-order valence-electron chi connectivity index (χ0n) is 9.93. The highest BCUT2D eigenvalue weighted by atomic mass is 19.4. The van der Waals surface area contributed by atoms with Crippen LogP contribution in [0.4, 0.5) is 13.2 Å². The molecule has 1 fully saturated rings. The molecule has 2 nitrogen and oxygen atoms in total. The van der Waals surface area contributed by atoms with Gasteiger partial charge in [0, 0.05) is 0 Å². The van der Waals surface area contributed by atoms with Crippen LogP contribution >= 0.6 is 0 Å². The molecule has 0 radical (unpaired) electrons. The van der Waals surface area contributed by atoms with Crippen molar-refractivity contribution in [3.8, 4) is 6.07 Å². The molecule has 1 aliphatic rings. The molecule has 0 aromatic rings. The maximum absolute atomic E-state index is 12.5. The van der Waals surface area contributed by atoms with E-state index in [0.717, 1.165) is 6.42 Å². The van der Waals surface area contributed by atoms with Gasteiger partial charge in [-0.2, -0.15) is 18.4 Å². The second kappa shape index (κ2) is 5.26. The summed E-state index contributed by atoms with van der Waals surface area (Å²) in [4.78, 5) is 0. The Hall–Kier alpha value is -0.760. The highest BCUT2D eigenvalue weighted by molar-refractivity contribution is 5.01. The lowest BCUT2D eigenvalue weighted by molar-refractivity contribution is -0.194. The summed E-state index contributed by atoms with van der Waals surface area (Å²) in [6.45, 7) is 1.90. The van der Waals surface area contributed by atoms with Crippen molar-refractivity contribution in [3.63, 3.8) is 0 Å². The van der Waals surface area contributed by atoms with Gasteiger partial charge in [-0.15, -0.1) is 0 Å². The van der Waals surface area contributed by atoms with Crippen molar-refractivity contribution in [1.29, 1.82) is 5.26 Å². The molecule has 0 aromatic carbocycles. The van der Waals surface area contributed by atoms with E-state index in [1.54, 1.807) is 0 Å². The standard InChI is InChI=1S/C12H18F3NO/c1-2-3-10(8-16)11(17)6-4-9(5-7-11)12(13,14)15/h9-10,17H,2-7H2,1H3. The minimum atomic E-state index is -4.17. The van der Waals surface area contributed by atoms with Crippen LogP contribution in [-0.2, 0) is 0 Å². The topological polar surface area (TPSA) is 44.0 Å². The van der Waals surface area contributed by atoms with Crippen LogP contribution in [0.3, 0.4) is 0 Å². The average molecular weight is 249 g/mol. The molecule has 0 aliphatic heterocycles. The van der Waals surface area contributed by atoms with Crippen LogP contribution in [0.2, 0.25) is 0 Å². The van der Waals surface area contributed by atoms with Crippen LogP contribution in [0.15, 0.2) is 0 Å². The fraction of sp³-hybridized carbons (Fsp3) is 0.917. The number of alkyl halides is 3. The number of rotatable bonds is 3. The van der Waals surface area contributed by atoms with E-state index in [0.29, 0.717) is 6.42 Å². The van der Waals surface area contributed by atoms with E-state index in [-0.39, 0.29) is 25.7 Å². The molecule has 0 bridgehead atoms. The van der Waals surface area contributed by atoms with Gasteiger partial charge < -0.3 is 5.11 Å². The van der Waals surface area contributed by atoms with Gasteiger partial charge in [-0.1, -0.05) is 13.3 Å². The van der Waals surface area contributed by atoms with Crippen LogP contribution in [-0.4, -0.2) is 16.9 Å². The lowest BCUT2D eigenvalue weighted by atomic mass is 9.71. The summed E-state index contributed by atoms with van der Waals surface area (Å²) in [5.74, 6) is -1.86. The van der Waals surface area contributed by atoms with Crippen LogP contribution in [0.5, 0.6) is 0 Å². The van der Waals surface area contributed by atoms with E-state index in [9.17, 15) is 18.3 Å². The molecule has 1 N–H and O–H groups in total. The first-order valence-electron chi connectivity index (χ1n) is 6.02. The predicted octanol–water partition coefficient (Wildman–Crippen LogP) is 3.41.